The molecule has 0 bridgehead atoms. The molecule has 0 spiro atoms. The van der Waals surface area contributed by atoms with Crippen LogP contribution in [0.3, 0.4) is 0 Å². The van der Waals surface area contributed by atoms with Gasteiger partial charge in [-0.25, -0.2) is 5.84 Å². The number of nitrogens with two attached hydrogens (primary N) is 1. The van der Waals surface area contributed by atoms with Gasteiger partial charge in [-0.1, -0.05) is 19.3 Å². The third kappa shape index (κ3) is 4.46. The monoisotopic (exact) mass is 254 g/mol. The highest BCUT2D eigenvalue weighted by Crippen LogP contribution is 2.17. The Kier molecular flexibility index (Phi) is 5.74. The van der Waals surface area contributed by atoms with Crippen LogP contribution in [0, 0.1) is 5.92 Å². The minimum absolute atomic E-state index is 0.545. The summed E-state index contributed by atoms with van der Waals surface area (Å²) in [7, 11) is 0. The predicted octanol–water partition coefficient (Wildman–Crippen LogP) is 1.15. The van der Waals surface area contributed by atoms with E-state index in [1.807, 2.05) is 0 Å². The zero-order valence-corrected chi connectivity index (χ0v) is 11.2. The van der Waals surface area contributed by atoms with E-state index >= 15 is 0 Å². The number of hydrazine groups is 1. The number of guanidine groups is 1. The highest BCUT2D eigenvalue weighted by atomic mass is 16.5. The van der Waals surface area contributed by atoms with Gasteiger partial charge >= 0.3 is 0 Å². The molecule has 0 aromatic heterocycles. The molecule has 1 aliphatic carbocycles. The largest absolute Gasteiger partial charge is 0.381 e. The molecule has 1 atom stereocenters. The molecule has 104 valence electrons. The van der Waals surface area contributed by atoms with Crippen molar-refractivity contribution in [2.24, 2.45) is 16.8 Å². The van der Waals surface area contributed by atoms with Gasteiger partial charge in [0.25, 0.3) is 0 Å². The van der Waals surface area contributed by atoms with E-state index in [0.717, 1.165) is 32.1 Å². The molecular formula is C13H26N4O. The average molecular weight is 254 g/mol. The Morgan fingerprint density at radius 3 is 2.72 bits per heavy atom. The average Bonchev–Trinajstić information content (AvgIpc) is 2.92. The fraction of sp³-hybridized carbons (Fsp3) is 0.923. The third-order valence-electron chi connectivity index (χ3n) is 3.91. The SMILES string of the molecule is NNC(=NCCC1CCOC1)NC1CCCCC1. The van der Waals surface area contributed by atoms with Gasteiger partial charge in [-0.05, 0) is 31.6 Å². The molecule has 1 heterocycles. The second kappa shape index (κ2) is 7.59. The highest BCUT2D eigenvalue weighted by molar-refractivity contribution is 5.79. The number of hydrogen-bond acceptors (Lipinski definition) is 3. The van der Waals surface area contributed by atoms with Gasteiger partial charge in [0.15, 0.2) is 0 Å². The lowest BCUT2D eigenvalue weighted by Crippen LogP contribution is -2.47. The second-order valence-corrected chi connectivity index (χ2v) is 5.37. The molecule has 2 fully saturated rings. The summed E-state index contributed by atoms with van der Waals surface area (Å²) in [5, 5.41) is 3.41. The number of ether oxygens (including phenoxy) is 1. The summed E-state index contributed by atoms with van der Waals surface area (Å²) < 4.78 is 5.36. The minimum Gasteiger partial charge on any atom is -0.381 e. The molecule has 1 aliphatic heterocycles. The predicted molar refractivity (Wildman–Crippen MR) is 73.2 cm³/mol. The molecule has 0 aromatic rings. The van der Waals surface area contributed by atoms with Gasteiger partial charge in [0.2, 0.25) is 5.96 Å². The van der Waals surface area contributed by atoms with E-state index in [1.54, 1.807) is 0 Å². The lowest BCUT2D eigenvalue weighted by Gasteiger charge is -2.24. The van der Waals surface area contributed by atoms with Gasteiger partial charge in [0.05, 0.1) is 0 Å². The molecule has 2 aliphatic rings. The van der Waals surface area contributed by atoms with Crippen LogP contribution in [0.4, 0.5) is 0 Å². The Bertz CT molecular complexity index is 258. The maximum atomic E-state index is 5.52. The molecule has 1 saturated carbocycles. The Morgan fingerprint density at radius 1 is 1.22 bits per heavy atom. The lowest BCUT2D eigenvalue weighted by molar-refractivity contribution is 0.184. The van der Waals surface area contributed by atoms with Crippen molar-refractivity contribution in [3.8, 4) is 0 Å². The molecule has 0 aromatic carbocycles. The van der Waals surface area contributed by atoms with Gasteiger partial charge in [-0.15, -0.1) is 0 Å². The van der Waals surface area contributed by atoms with Crippen molar-refractivity contribution in [1.82, 2.24) is 10.7 Å². The molecular weight excluding hydrogens is 228 g/mol. The van der Waals surface area contributed by atoms with Crippen molar-refractivity contribution in [3.05, 3.63) is 0 Å². The number of aliphatic imine (C=N–C) groups is 1. The summed E-state index contributed by atoms with van der Waals surface area (Å²) in [6.45, 7) is 2.64. The van der Waals surface area contributed by atoms with E-state index in [-0.39, 0.29) is 0 Å². The van der Waals surface area contributed by atoms with E-state index in [2.05, 4.69) is 15.7 Å². The van der Waals surface area contributed by atoms with Crippen LogP contribution < -0.4 is 16.6 Å². The fourth-order valence-electron chi connectivity index (χ4n) is 2.74. The van der Waals surface area contributed by atoms with E-state index in [4.69, 9.17) is 10.6 Å². The van der Waals surface area contributed by atoms with Crippen LogP contribution in [0.2, 0.25) is 0 Å². The standard InChI is InChI=1S/C13H26N4O/c14-17-13(16-12-4-2-1-3-5-12)15-8-6-11-7-9-18-10-11/h11-12H,1-10,14H2,(H2,15,16,17). The first-order chi connectivity index (χ1) is 8.88. The number of nitrogens with zero attached hydrogens (tertiary/aromatic N) is 1. The number of hydrogen-bond donors (Lipinski definition) is 3. The van der Waals surface area contributed by atoms with Crippen LogP contribution in [-0.2, 0) is 4.74 Å². The third-order valence-corrected chi connectivity index (χ3v) is 3.91. The van der Waals surface area contributed by atoms with Crippen LogP contribution in [0.1, 0.15) is 44.9 Å². The van der Waals surface area contributed by atoms with Gasteiger partial charge in [0.1, 0.15) is 0 Å². The van der Waals surface area contributed by atoms with E-state index in [1.165, 1.54) is 38.5 Å². The fourth-order valence-corrected chi connectivity index (χ4v) is 2.74. The first-order valence-corrected chi connectivity index (χ1v) is 7.24. The maximum absolute atomic E-state index is 5.52. The Balaban J connectivity index is 1.68. The van der Waals surface area contributed by atoms with Crippen molar-refractivity contribution in [2.75, 3.05) is 19.8 Å². The molecule has 2 rings (SSSR count). The summed E-state index contributed by atoms with van der Waals surface area (Å²) in [6.07, 6.45) is 8.73. The zero-order valence-electron chi connectivity index (χ0n) is 11.2. The van der Waals surface area contributed by atoms with Crippen LogP contribution in [0.25, 0.3) is 0 Å². The topological polar surface area (TPSA) is 71.7 Å². The second-order valence-electron chi connectivity index (χ2n) is 5.37. The van der Waals surface area contributed by atoms with Crippen molar-refractivity contribution < 1.29 is 4.74 Å². The van der Waals surface area contributed by atoms with Gasteiger partial charge in [-0.3, -0.25) is 10.4 Å². The van der Waals surface area contributed by atoms with Crippen molar-refractivity contribution in [3.63, 3.8) is 0 Å². The van der Waals surface area contributed by atoms with Crippen molar-refractivity contribution in [2.45, 2.75) is 51.0 Å². The molecule has 4 N–H and O–H groups in total. The molecule has 5 nitrogen and oxygen atoms in total. The van der Waals surface area contributed by atoms with Crippen molar-refractivity contribution in [1.29, 1.82) is 0 Å². The van der Waals surface area contributed by atoms with Crippen molar-refractivity contribution >= 4 is 5.96 Å². The minimum atomic E-state index is 0.545. The first-order valence-electron chi connectivity index (χ1n) is 7.24. The van der Waals surface area contributed by atoms with Crippen LogP contribution >= 0.6 is 0 Å². The highest BCUT2D eigenvalue weighted by Gasteiger charge is 2.16. The summed E-state index contributed by atoms with van der Waals surface area (Å²) in [5.41, 5.74) is 2.68. The van der Waals surface area contributed by atoms with Gasteiger partial charge in [0, 0.05) is 25.8 Å². The number of rotatable bonds is 4. The lowest BCUT2D eigenvalue weighted by atomic mass is 9.96. The maximum Gasteiger partial charge on any atom is 0.205 e. The van der Waals surface area contributed by atoms with Gasteiger partial charge < -0.3 is 10.1 Å². The van der Waals surface area contributed by atoms with E-state index in [9.17, 15) is 0 Å². The van der Waals surface area contributed by atoms with Crippen LogP contribution in [-0.4, -0.2) is 31.8 Å². The Labute approximate surface area is 110 Å². The molecule has 0 radical (unpaired) electrons. The molecule has 1 unspecified atom stereocenters. The van der Waals surface area contributed by atoms with Crippen LogP contribution in [0.15, 0.2) is 4.99 Å². The van der Waals surface area contributed by atoms with Gasteiger partial charge in [-0.2, -0.15) is 0 Å². The summed E-state index contributed by atoms with van der Waals surface area (Å²) >= 11 is 0. The molecule has 1 saturated heterocycles. The normalized spacial score (nSPS) is 26.3. The summed E-state index contributed by atoms with van der Waals surface area (Å²) in [4.78, 5) is 4.51. The Morgan fingerprint density at radius 2 is 2.06 bits per heavy atom. The Hall–Kier alpha value is -0.810. The molecule has 5 heteroatoms. The molecule has 18 heavy (non-hydrogen) atoms. The van der Waals surface area contributed by atoms with E-state index < -0.39 is 0 Å². The molecule has 0 amide bonds. The first kappa shape index (κ1) is 13.6. The van der Waals surface area contributed by atoms with E-state index in [0.29, 0.717) is 12.0 Å². The summed E-state index contributed by atoms with van der Waals surface area (Å²) in [5.74, 6) is 6.95. The van der Waals surface area contributed by atoms with Crippen LogP contribution in [0.5, 0.6) is 0 Å². The quantitative estimate of drug-likeness (QED) is 0.305. The smallest absolute Gasteiger partial charge is 0.205 e. The number of nitrogens with one attached hydrogen (secondary N) is 2. The zero-order chi connectivity index (χ0) is 12.6. The summed E-state index contributed by atoms with van der Waals surface area (Å²) in [6, 6.07) is 0.545.